The van der Waals surface area contributed by atoms with Crippen molar-refractivity contribution in [1.29, 1.82) is 0 Å². The Hall–Kier alpha value is -4.34. The average molecular weight is 802 g/mol. The number of unbranched alkanes of at least 4 members (excludes halogenated alkanes) is 3. The summed E-state index contributed by atoms with van der Waals surface area (Å²) < 4.78 is 19.6. The summed E-state index contributed by atoms with van der Waals surface area (Å²) in [5.74, 6) is 0.114. The summed E-state index contributed by atoms with van der Waals surface area (Å²) in [6.07, 6.45) is 16.6. The molecule has 1 aromatic carbocycles. The molecule has 312 valence electrons. The molecule has 1 aromatic heterocycles. The number of ether oxygens (including phenoxy) is 3. The van der Waals surface area contributed by atoms with Gasteiger partial charge >= 0.3 is 0 Å². The van der Waals surface area contributed by atoms with Crippen molar-refractivity contribution in [1.82, 2.24) is 19.9 Å². The molecule has 14 nitrogen and oxygen atoms in total. The Bertz CT molecular complexity index is 1620. The van der Waals surface area contributed by atoms with Crippen molar-refractivity contribution in [2.75, 3.05) is 41.1 Å². The fraction of sp³-hybridized carbons (Fsp3) is 0.585. The number of aliphatic hydroxyl groups is 1. The minimum Gasteiger partial charge on any atom is -0.507 e. The number of amides is 4. The molecule has 0 spiro atoms. The lowest BCUT2D eigenvalue weighted by atomic mass is 9.90. The first kappa shape index (κ1) is 47.8. The first-order valence-corrected chi connectivity index (χ1v) is 20.1. The third-order valence-electron chi connectivity index (χ3n) is 9.26. The van der Waals surface area contributed by atoms with Crippen LogP contribution >= 0.6 is 11.9 Å². The van der Waals surface area contributed by atoms with Gasteiger partial charge in [0.15, 0.2) is 0 Å². The van der Waals surface area contributed by atoms with E-state index in [1.807, 2.05) is 45.1 Å². The van der Waals surface area contributed by atoms with Crippen LogP contribution in [0.4, 0.5) is 0 Å². The largest absolute Gasteiger partial charge is 0.507 e. The molecular weight excluding hydrogens is 739 g/mol. The first-order valence-electron chi connectivity index (χ1n) is 19.2. The maximum Gasteiger partial charge on any atom is 0.252 e. The third kappa shape index (κ3) is 15.7. The van der Waals surface area contributed by atoms with Gasteiger partial charge in [-0.1, -0.05) is 64.8 Å². The predicted molar refractivity (Wildman–Crippen MR) is 221 cm³/mol. The first-order chi connectivity index (χ1) is 26.9. The number of phenols is 1. The number of hydrogen-bond acceptors (Lipinski definition) is 11. The van der Waals surface area contributed by atoms with E-state index in [-0.39, 0.29) is 47.8 Å². The molecule has 2 unspecified atom stereocenters. The Morgan fingerprint density at radius 1 is 1.11 bits per heavy atom. The summed E-state index contributed by atoms with van der Waals surface area (Å²) in [4.78, 5) is 54.7. The summed E-state index contributed by atoms with van der Waals surface area (Å²) in [7, 11) is 4.10. The Kier molecular flexibility index (Phi) is 21.4. The van der Waals surface area contributed by atoms with Crippen LogP contribution in [0.2, 0.25) is 0 Å². The van der Waals surface area contributed by atoms with Crippen LogP contribution in [0.1, 0.15) is 91.0 Å². The van der Waals surface area contributed by atoms with Gasteiger partial charge in [-0.25, -0.2) is 4.98 Å². The van der Waals surface area contributed by atoms with E-state index in [0.29, 0.717) is 60.4 Å². The molecule has 2 aliphatic rings. The minimum absolute atomic E-state index is 0.0860. The summed E-state index contributed by atoms with van der Waals surface area (Å²) in [6.45, 7) is 8.84. The molecule has 4 rings (SSSR count). The number of allylic oxidation sites excluding steroid dienone is 2. The van der Waals surface area contributed by atoms with Crippen LogP contribution in [-0.4, -0.2) is 103 Å². The Morgan fingerprint density at radius 2 is 1.82 bits per heavy atom. The monoisotopic (exact) mass is 801 g/mol. The smallest absolute Gasteiger partial charge is 0.252 e. The van der Waals surface area contributed by atoms with Gasteiger partial charge in [0.05, 0.1) is 26.3 Å². The molecule has 1 aliphatic carbocycles. The lowest BCUT2D eigenvalue weighted by Crippen LogP contribution is -2.54. The van der Waals surface area contributed by atoms with Gasteiger partial charge in [0.25, 0.3) is 5.91 Å². The SMILES string of the molecule is CCCCC/C=C\[C@H](C)C(NC(=O)C1CCCN1C(=O)COCC(C)(C)C/C=C/c1cc2c(OC)cc(OC)nc2cc1O)C(=O)NSC1CC1.CO.NC=O. The Labute approximate surface area is 336 Å². The van der Waals surface area contributed by atoms with Crippen molar-refractivity contribution in [2.45, 2.75) is 103 Å². The zero-order valence-corrected chi connectivity index (χ0v) is 34.9. The van der Waals surface area contributed by atoms with E-state index >= 15 is 0 Å². The number of likely N-dealkylation sites (tertiary alicyclic amines) is 1. The summed E-state index contributed by atoms with van der Waals surface area (Å²) >= 11 is 1.43. The summed E-state index contributed by atoms with van der Waals surface area (Å²) in [6, 6.07) is 3.74. The number of carbonyl (C=O) groups is 4. The van der Waals surface area contributed by atoms with Gasteiger partial charge in [0.2, 0.25) is 24.1 Å². The van der Waals surface area contributed by atoms with E-state index in [2.05, 4.69) is 33.8 Å². The van der Waals surface area contributed by atoms with Gasteiger partial charge in [0.1, 0.15) is 30.2 Å². The minimum atomic E-state index is -0.729. The number of hydrogen-bond donors (Lipinski definition) is 5. The number of aromatic nitrogens is 1. The maximum absolute atomic E-state index is 13.6. The van der Waals surface area contributed by atoms with Gasteiger partial charge in [-0.3, -0.25) is 23.9 Å². The number of nitrogens with one attached hydrogen (secondary N) is 2. The predicted octanol–water partition coefficient (Wildman–Crippen LogP) is 5.29. The normalized spacial score (nSPS) is 16.4. The number of benzene rings is 1. The number of primary amides is 1. The van der Waals surface area contributed by atoms with E-state index < -0.39 is 12.1 Å². The highest BCUT2D eigenvalue weighted by Crippen LogP contribution is 2.34. The standard InChI is InChI=1S/C39H56N4O7S.CH3NO.CH4O/c1-7-8-9-10-11-14-26(2)36(38(47)42-51-28-17-18-28)41-37(46)31-16-13-20-43(31)35(45)24-50-25-39(3,4)19-12-15-27-21-29-30(22-32(27)44)40-34(49-6)23-33(29)48-5;2-1-3;1-2/h11-12,14-15,21-23,26,28,31,36,44H,7-10,13,16-20,24-25H2,1-6H3,(H,41,46)(H,42,47);1H,(H2,2,3);2H,1H3/b14-11-,15-12+;;/t26-,31?,36?;;/m0../s1. The highest BCUT2D eigenvalue weighted by Gasteiger charge is 2.37. The van der Waals surface area contributed by atoms with Crippen LogP contribution in [0.25, 0.3) is 17.0 Å². The molecule has 3 atom stereocenters. The molecular formula is C41H63N5O9S. The molecule has 1 saturated carbocycles. The molecule has 6 N–H and O–H groups in total. The van der Waals surface area contributed by atoms with Crippen LogP contribution in [0, 0.1) is 11.3 Å². The van der Waals surface area contributed by atoms with Crippen LogP contribution in [0.15, 0.2) is 36.4 Å². The average Bonchev–Trinajstić information content (AvgIpc) is 3.88. The number of nitrogens with two attached hydrogens (primary N) is 1. The lowest BCUT2D eigenvalue weighted by Gasteiger charge is -2.28. The zero-order chi connectivity index (χ0) is 41.7. The second kappa shape index (κ2) is 25.0. The number of aliphatic hydroxyl groups excluding tert-OH is 1. The molecule has 4 amide bonds. The Morgan fingerprint density at radius 3 is 2.46 bits per heavy atom. The number of fused-ring (bicyclic) bond motifs is 1. The lowest BCUT2D eigenvalue weighted by molar-refractivity contribution is -0.143. The number of carbonyl (C=O) groups excluding carboxylic acids is 4. The second-order valence-electron chi connectivity index (χ2n) is 14.5. The van der Waals surface area contributed by atoms with Gasteiger partial charge in [0, 0.05) is 47.9 Å². The van der Waals surface area contributed by atoms with Crippen molar-refractivity contribution in [3.63, 3.8) is 0 Å². The van der Waals surface area contributed by atoms with E-state index in [9.17, 15) is 19.5 Å². The topological polar surface area (TPSA) is 203 Å². The van der Waals surface area contributed by atoms with E-state index in [0.717, 1.165) is 51.0 Å². The van der Waals surface area contributed by atoms with Crippen molar-refractivity contribution < 1.29 is 43.6 Å². The number of aromatic hydroxyl groups is 1. The molecule has 15 heteroatoms. The number of methoxy groups -OCH3 is 2. The number of nitrogens with zero attached hydrogens (tertiary/aromatic N) is 2. The highest BCUT2D eigenvalue weighted by atomic mass is 32.2. The van der Waals surface area contributed by atoms with Crippen molar-refractivity contribution in [3.05, 3.63) is 42.0 Å². The van der Waals surface area contributed by atoms with Crippen LogP contribution in [0.5, 0.6) is 17.4 Å². The second-order valence-corrected chi connectivity index (χ2v) is 15.6. The number of rotatable bonds is 20. The number of pyridine rings is 1. The quantitative estimate of drug-likeness (QED) is 0.0504. The van der Waals surface area contributed by atoms with Crippen LogP contribution in [0.3, 0.4) is 0 Å². The molecule has 0 bridgehead atoms. The number of phenolic OH excluding ortho intramolecular Hbond substituents is 1. The molecule has 2 fully saturated rings. The zero-order valence-electron chi connectivity index (χ0n) is 34.0. The van der Waals surface area contributed by atoms with Gasteiger partial charge in [-0.05, 0) is 68.4 Å². The van der Waals surface area contributed by atoms with Crippen molar-refractivity contribution in [2.24, 2.45) is 17.1 Å². The fourth-order valence-corrected chi connectivity index (χ4v) is 6.82. The fourth-order valence-electron chi connectivity index (χ4n) is 6.04. The highest BCUT2D eigenvalue weighted by molar-refractivity contribution is 7.98. The molecule has 2 aromatic rings. The summed E-state index contributed by atoms with van der Waals surface area (Å²) in [5.41, 5.74) is 5.04. The molecule has 0 radical (unpaired) electrons. The van der Waals surface area contributed by atoms with Crippen molar-refractivity contribution >= 4 is 53.1 Å². The van der Waals surface area contributed by atoms with E-state index in [4.69, 9.17) is 24.1 Å². The molecule has 56 heavy (non-hydrogen) atoms. The van der Waals surface area contributed by atoms with Gasteiger partial charge in [-0.15, -0.1) is 0 Å². The molecule has 2 heterocycles. The van der Waals surface area contributed by atoms with Crippen LogP contribution in [-0.2, 0) is 23.9 Å². The van der Waals surface area contributed by atoms with Gasteiger partial charge < -0.3 is 40.4 Å². The van der Waals surface area contributed by atoms with Crippen molar-refractivity contribution in [3.8, 4) is 17.4 Å². The van der Waals surface area contributed by atoms with Gasteiger partial charge in [-0.2, -0.15) is 0 Å². The van der Waals surface area contributed by atoms with Crippen LogP contribution < -0.4 is 25.2 Å². The summed E-state index contributed by atoms with van der Waals surface area (Å²) in [5, 5.41) is 21.8. The van der Waals surface area contributed by atoms with E-state index in [1.54, 1.807) is 24.1 Å². The third-order valence-corrected chi connectivity index (χ3v) is 10.4. The Balaban J connectivity index is 0.00000206. The maximum atomic E-state index is 13.6. The molecule has 1 saturated heterocycles. The molecule has 1 aliphatic heterocycles. The van der Waals surface area contributed by atoms with E-state index in [1.165, 1.54) is 19.1 Å².